The molecule has 0 spiro atoms. The number of Topliss-reactive ketones (excluding diaryl/α,β-unsaturated/α-hetero) is 1. The van der Waals surface area contributed by atoms with E-state index < -0.39 is 225 Å². The molecule has 0 aromatic heterocycles. The molecular formula is C68H81Cl2N9O24. The van der Waals surface area contributed by atoms with E-state index in [9.17, 15) is 79.8 Å². The summed E-state index contributed by atoms with van der Waals surface area (Å²) in [6.07, 6.45) is -17.8. The van der Waals surface area contributed by atoms with Gasteiger partial charge in [-0.3, -0.25) is 33.6 Å². The summed E-state index contributed by atoms with van der Waals surface area (Å²) in [7, 11) is 1.50. The minimum absolute atomic E-state index is 0.0511. The van der Waals surface area contributed by atoms with Crippen molar-refractivity contribution in [2.45, 2.75) is 170 Å². The Morgan fingerprint density at radius 2 is 1.50 bits per heavy atom. The number of fused-ring (bicyclic) bond motifs is 8. The maximum Gasteiger partial charge on any atom is 0.330 e. The Bertz CT molecular complexity index is 4110. The second-order valence-electron chi connectivity index (χ2n) is 26.3. The van der Waals surface area contributed by atoms with Crippen molar-refractivity contribution in [1.82, 2.24) is 31.9 Å². The average molecular weight is 1480 g/mol. The third-order valence-corrected chi connectivity index (χ3v) is 18.7. The van der Waals surface area contributed by atoms with Crippen LogP contribution in [-0.4, -0.2) is 191 Å². The summed E-state index contributed by atoms with van der Waals surface area (Å²) >= 11 is 14.1. The third kappa shape index (κ3) is 17.0. The highest BCUT2D eigenvalue weighted by Crippen LogP contribution is 2.50. The molecule has 2 fully saturated rings. The van der Waals surface area contributed by atoms with Gasteiger partial charge in [0.05, 0.1) is 47.4 Å². The van der Waals surface area contributed by atoms with Crippen LogP contribution in [0.1, 0.15) is 118 Å². The molecule has 35 heteroatoms. The van der Waals surface area contributed by atoms with Gasteiger partial charge in [-0.2, -0.15) is 0 Å². The first-order valence-electron chi connectivity index (χ1n) is 32.3. The fraction of sp³-hybridized carbons (Fsp3) is 0.441. The summed E-state index contributed by atoms with van der Waals surface area (Å²) in [6, 6.07) is 0.582. The number of halogens is 2. The molecule has 8 bridgehead atoms. The number of ketones is 1. The molecule has 33 nitrogen and oxygen atoms in total. The largest absolute Gasteiger partial charge is 0.508 e. The van der Waals surface area contributed by atoms with E-state index >= 15 is 9.59 Å². The first-order valence-corrected chi connectivity index (χ1v) is 33.1. The molecule has 2 saturated heterocycles. The normalized spacial score (nSPS) is 26.8. The van der Waals surface area contributed by atoms with E-state index in [1.54, 1.807) is 0 Å². The van der Waals surface area contributed by atoms with Gasteiger partial charge in [-0.05, 0) is 124 Å². The number of primary amides is 1. The van der Waals surface area contributed by atoms with E-state index in [2.05, 4.69) is 31.9 Å². The van der Waals surface area contributed by atoms with Crippen LogP contribution in [0, 0.1) is 12.8 Å². The summed E-state index contributed by atoms with van der Waals surface area (Å²) in [5.74, 6) is -13.7. The first kappa shape index (κ1) is 78.1. The van der Waals surface area contributed by atoms with E-state index in [0.717, 1.165) is 67.6 Å². The summed E-state index contributed by atoms with van der Waals surface area (Å²) in [4.78, 5) is 111. The highest BCUT2D eigenvalue weighted by Gasteiger charge is 2.51. The summed E-state index contributed by atoms with van der Waals surface area (Å²) in [6.45, 7) is 8.07. The number of benzene rings is 5. The predicted octanol–water partition coefficient (Wildman–Crippen LogP) is 0.833. The number of aliphatic hydroxyl groups excluding tert-OH is 6. The molecular weight excluding hydrogens is 1400 g/mol. The van der Waals surface area contributed by atoms with Gasteiger partial charge in [-0.1, -0.05) is 55.2 Å². The van der Waals surface area contributed by atoms with Gasteiger partial charge in [-0.25, -0.2) is 4.79 Å². The molecule has 18 unspecified atom stereocenters. The lowest BCUT2D eigenvalue weighted by Crippen LogP contribution is -2.64. The number of carboxylic acid groups (broad SMARTS) is 1. The Kier molecular flexibility index (Phi) is 24.2. The zero-order valence-corrected chi connectivity index (χ0v) is 57.8. The molecule has 103 heavy (non-hydrogen) atoms. The van der Waals surface area contributed by atoms with Crippen LogP contribution < -0.4 is 63.3 Å². The first-order chi connectivity index (χ1) is 48.4. The Labute approximate surface area is 597 Å². The Hall–Kier alpha value is -9.04. The Balaban J connectivity index is 1.23. The van der Waals surface area contributed by atoms with Gasteiger partial charge < -0.3 is 129 Å². The van der Waals surface area contributed by atoms with Crippen LogP contribution >= 0.6 is 23.2 Å². The molecule has 10 rings (SSSR count). The zero-order valence-electron chi connectivity index (χ0n) is 56.3. The number of aliphatic hydroxyl groups is 6. The van der Waals surface area contributed by atoms with Crippen LogP contribution in [0.15, 0.2) is 72.8 Å². The second-order valence-corrected chi connectivity index (χ2v) is 27.1. The molecule has 0 saturated carbocycles. The highest BCUT2D eigenvalue weighted by atomic mass is 35.5. The number of likely N-dealkylation sites (N-methyl/N-ethyl adjacent to an activating group) is 1. The van der Waals surface area contributed by atoms with E-state index in [4.69, 9.17) is 68.8 Å². The number of carboxylic acids is 1. The lowest BCUT2D eigenvalue weighted by molar-refractivity contribution is -0.333. The van der Waals surface area contributed by atoms with Crippen LogP contribution in [0.2, 0.25) is 10.0 Å². The van der Waals surface area contributed by atoms with E-state index in [0.29, 0.717) is 0 Å². The number of carbonyl (C=O) groups is 8. The third-order valence-electron chi connectivity index (χ3n) is 18.1. The van der Waals surface area contributed by atoms with E-state index in [1.165, 1.54) is 40.0 Å². The number of carbonyl (C=O) groups excluding carboxylic acids is 7. The Morgan fingerprint density at radius 3 is 2.12 bits per heavy atom. The van der Waals surface area contributed by atoms with Crippen LogP contribution in [-0.2, 0) is 52.6 Å². The van der Waals surface area contributed by atoms with Gasteiger partial charge in [0.2, 0.25) is 47.5 Å². The average Bonchev–Trinajstić information content (AvgIpc) is 0.765. The van der Waals surface area contributed by atoms with Gasteiger partial charge in [0.1, 0.15) is 83.4 Å². The van der Waals surface area contributed by atoms with E-state index in [-0.39, 0.29) is 63.6 Å². The van der Waals surface area contributed by atoms with E-state index in [1.807, 2.05) is 13.8 Å². The lowest BCUT2D eigenvalue weighted by Gasteiger charge is -2.47. The molecule has 5 aromatic rings. The monoisotopic (exact) mass is 1480 g/mol. The lowest BCUT2D eigenvalue weighted by atomic mass is 9.86. The van der Waals surface area contributed by atoms with Crippen LogP contribution in [0.3, 0.4) is 0 Å². The number of ether oxygens (including phenoxy) is 6. The predicted molar refractivity (Wildman–Crippen MR) is 361 cm³/mol. The number of rotatable bonds is 20. The zero-order chi connectivity index (χ0) is 75.7. The van der Waals surface area contributed by atoms with Crippen LogP contribution in [0.4, 0.5) is 0 Å². The van der Waals surface area contributed by atoms with Crippen molar-refractivity contribution < 1.29 is 118 Å². The van der Waals surface area contributed by atoms with Crippen molar-refractivity contribution >= 4 is 70.4 Å². The number of phenolic OH excluding ortho intramolecular Hbond substituents is 3. The fourth-order valence-electron chi connectivity index (χ4n) is 12.3. The van der Waals surface area contributed by atoms with Gasteiger partial charge in [-0.15, -0.1) is 0 Å². The maximum atomic E-state index is 15.2. The summed E-state index contributed by atoms with van der Waals surface area (Å²) < 4.78 is 38.2. The molecule has 5 aliphatic rings. The molecule has 5 aliphatic heterocycles. The van der Waals surface area contributed by atoms with Gasteiger partial charge in [0.25, 0.3) is 0 Å². The van der Waals surface area contributed by atoms with Crippen molar-refractivity contribution in [3.8, 4) is 57.1 Å². The van der Waals surface area contributed by atoms with Gasteiger partial charge in [0.15, 0.2) is 35.7 Å². The molecule has 6 amide bonds. The van der Waals surface area contributed by atoms with Crippen LogP contribution in [0.25, 0.3) is 11.1 Å². The number of aliphatic carboxylic acids is 1. The standard InChI is InChI=1S/C68H81Cl2N9O24/c1-24(2)14-37(74-7)61(91)78-51(64(94)75-36(26(4)81)21-45(71)84)54(86)29-9-12-40(34(69)16-29)99-42-18-31-19-43(58(42)103-67-59(57(89)56(88)44(23-80)101-67)102-46-22-68(6,73)60(90)27(5)98-46)100-41-13-10-30(17-35(41)70)55(87)52-65(95)77-50(66(96)97)33-20-39(83)25(3)53(85)47(33)32-15-28(8-11-38(32)82)49(63(93)79-52)76-62(92)48(31)72/h8-13,15-20,24,27,36-37,44,46,48-52,54-57,59-60,67,74,80,82-83,85-90H,14,21-23,72-73H2,1-7H3,(H2,71,84)(H,75,94)(H,76,92)(H,77,95)(H,78,91)(H,79,93)(H,96,97). The topological polar surface area (TPSA) is 544 Å². The SMILES string of the molecule is CNC(CC(C)C)C(=O)NC(C(=O)NC(CC(N)=O)C(C)=O)C(O)c1ccc(Oc2cc3cc(c2OC2OC(CO)C(O)C(O)C2OC2CC(C)(N)C(O)C(C)O2)Oc2ccc(cc2Cl)C(O)C2NC(=O)C(NC(=O)C3N)c3ccc(O)c(c3)-c3c(cc(O)c(C)c3O)C(C(=O)O)NC2=O)c(Cl)c1. The minimum atomic E-state index is -2.19. The number of hydrogen-bond donors (Lipinski definition) is 19. The number of aromatic hydroxyl groups is 3. The number of amides is 6. The second kappa shape index (κ2) is 31.9. The molecule has 0 aliphatic carbocycles. The van der Waals surface area contributed by atoms with Crippen LogP contribution in [0.5, 0.6) is 46.0 Å². The molecule has 5 aromatic carbocycles. The highest BCUT2D eigenvalue weighted by molar-refractivity contribution is 6.32. The molecule has 556 valence electrons. The van der Waals surface area contributed by atoms with Crippen molar-refractivity contribution in [1.29, 1.82) is 0 Å². The quantitative estimate of drug-likeness (QED) is 0.0513. The summed E-state index contributed by atoms with van der Waals surface area (Å²) in [5.41, 5.74) is 14.9. The number of phenols is 3. The van der Waals surface area contributed by atoms with Crippen molar-refractivity contribution in [3.63, 3.8) is 0 Å². The van der Waals surface area contributed by atoms with Gasteiger partial charge >= 0.3 is 5.97 Å². The molecule has 18 atom stereocenters. The van der Waals surface area contributed by atoms with Crippen molar-refractivity contribution in [3.05, 3.63) is 116 Å². The number of nitrogens with one attached hydrogen (secondary N) is 6. The molecule has 0 radical (unpaired) electrons. The summed E-state index contributed by atoms with van der Waals surface area (Å²) in [5, 5.41) is 128. The Morgan fingerprint density at radius 1 is 0.796 bits per heavy atom. The van der Waals surface area contributed by atoms with Crippen molar-refractivity contribution in [2.75, 3.05) is 13.7 Å². The number of nitrogens with two attached hydrogens (primary N) is 3. The fourth-order valence-corrected chi connectivity index (χ4v) is 12.8. The number of hydrogen-bond acceptors (Lipinski definition) is 26. The van der Waals surface area contributed by atoms with Gasteiger partial charge in [0, 0.05) is 34.2 Å². The molecule has 5 heterocycles. The molecule has 22 N–H and O–H groups in total. The van der Waals surface area contributed by atoms with Crippen molar-refractivity contribution in [2.24, 2.45) is 23.1 Å². The smallest absolute Gasteiger partial charge is 0.330 e. The minimum Gasteiger partial charge on any atom is -0.508 e. The maximum absolute atomic E-state index is 15.2.